The number of hydrogen-bond donors (Lipinski definition) is 1. The Hall–Kier alpha value is -0.200. The lowest BCUT2D eigenvalue weighted by molar-refractivity contribution is -0.180. The standard InChI is InChI=1S/C26H49NO4/c1-23(2,3)20-8-12-30-21(16-20)17-24(4,5)26(28)9-13-31-22(19-26)18-25(6,7)27-10-14-29-15-11-27/h20-22,28H,8-19H2,1-7H3. The molecule has 4 unspecified atom stereocenters. The summed E-state index contributed by atoms with van der Waals surface area (Å²) in [4.78, 5) is 2.52. The Bertz CT molecular complexity index is 578. The molecule has 0 bridgehead atoms. The predicted octanol–water partition coefficient (Wildman–Crippen LogP) is 4.66. The fourth-order valence-corrected chi connectivity index (χ4v) is 6.10. The Morgan fingerprint density at radius 2 is 1.52 bits per heavy atom. The third-order valence-electron chi connectivity index (χ3n) is 8.62. The summed E-state index contributed by atoms with van der Waals surface area (Å²) >= 11 is 0. The molecule has 0 aromatic heterocycles. The van der Waals surface area contributed by atoms with E-state index in [0.717, 1.165) is 58.6 Å². The van der Waals surface area contributed by atoms with Crippen LogP contribution in [0.25, 0.3) is 0 Å². The van der Waals surface area contributed by atoms with Crippen LogP contribution in [-0.2, 0) is 14.2 Å². The summed E-state index contributed by atoms with van der Waals surface area (Å²) in [5.41, 5.74) is -0.557. The highest BCUT2D eigenvalue weighted by Crippen LogP contribution is 2.47. The van der Waals surface area contributed by atoms with Gasteiger partial charge in [0.15, 0.2) is 0 Å². The van der Waals surface area contributed by atoms with Crippen molar-refractivity contribution in [2.45, 2.75) is 110 Å². The minimum atomic E-state index is -0.713. The van der Waals surface area contributed by atoms with E-state index in [1.807, 2.05) is 0 Å². The zero-order chi connectivity index (χ0) is 22.9. The number of nitrogens with zero attached hydrogens (tertiary/aromatic N) is 1. The van der Waals surface area contributed by atoms with Crippen molar-refractivity contribution >= 4 is 0 Å². The van der Waals surface area contributed by atoms with Crippen LogP contribution in [0.15, 0.2) is 0 Å². The zero-order valence-electron chi connectivity index (χ0n) is 21.3. The number of aliphatic hydroxyl groups is 1. The summed E-state index contributed by atoms with van der Waals surface area (Å²) < 4.78 is 17.9. The summed E-state index contributed by atoms with van der Waals surface area (Å²) in [5.74, 6) is 0.688. The maximum absolute atomic E-state index is 11.9. The van der Waals surface area contributed by atoms with Crippen LogP contribution in [0.1, 0.15) is 87.0 Å². The average molecular weight is 440 g/mol. The van der Waals surface area contributed by atoms with Crippen LogP contribution in [0, 0.1) is 16.7 Å². The number of hydrogen-bond acceptors (Lipinski definition) is 5. The van der Waals surface area contributed by atoms with Gasteiger partial charge in [-0.25, -0.2) is 0 Å². The molecule has 0 spiro atoms. The molecule has 3 aliphatic rings. The molecular weight excluding hydrogens is 390 g/mol. The van der Waals surface area contributed by atoms with E-state index in [0.29, 0.717) is 30.8 Å². The maximum atomic E-state index is 11.9. The van der Waals surface area contributed by atoms with E-state index in [9.17, 15) is 5.11 Å². The Balaban J connectivity index is 1.62. The first-order valence-electron chi connectivity index (χ1n) is 12.6. The highest BCUT2D eigenvalue weighted by molar-refractivity contribution is 5.00. The topological polar surface area (TPSA) is 51.2 Å². The second kappa shape index (κ2) is 9.58. The molecule has 3 heterocycles. The highest BCUT2D eigenvalue weighted by atomic mass is 16.5. The Morgan fingerprint density at radius 1 is 0.871 bits per heavy atom. The van der Waals surface area contributed by atoms with Gasteiger partial charge in [0.1, 0.15) is 0 Å². The molecule has 5 nitrogen and oxygen atoms in total. The second-order valence-electron chi connectivity index (χ2n) is 12.8. The van der Waals surface area contributed by atoms with Crippen molar-refractivity contribution < 1.29 is 19.3 Å². The molecule has 0 radical (unpaired) electrons. The van der Waals surface area contributed by atoms with Gasteiger partial charge in [-0.3, -0.25) is 4.90 Å². The monoisotopic (exact) mass is 439 g/mol. The summed E-state index contributed by atoms with van der Waals surface area (Å²) in [5, 5.41) is 11.9. The van der Waals surface area contributed by atoms with E-state index in [4.69, 9.17) is 14.2 Å². The zero-order valence-corrected chi connectivity index (χ0v) is 21.3. The minimum Gasteiger partial charge on any atom is -0.389 e. The van der Waals surface area contributed by atoms with Gasteiger partial charge in [-0.05, 0) is 56.3 Å². The van der Waals surface area contributed by atoms with E-state index in [-0.39, 0.29) is 23.2 Å². The molecule has 0 aromatic carbocycles. The van der Waals surface area contributed by atoms with Crippen molar-refractivity contribution in [2.75, 3.05) is 39.5 Å². The molecule has 31 heavy (non-hydrogen) atoms. The summed E-state index contributed by atoms with van der Waals surface area (Å²) in [7, 11) is 0. The van der Waals surface area contributed by atoms with E-state index >= 15 is 0 Å². The van der Waals surface area contributed by atoms with Crippen LogP contribution in [0.5, 0.6) is 0 Å². The largest absolute Gasteiger partial charge is 0.389 e. The van der Waals surface area contributed by atoms with E-state index < -0.39 is 5.60 Å². The highest BCUT2D eigenvalue weighted by Gasteiger charge is 2.49. The van der Waals surface area contributed by atoms with Crippen LogP contribution < -0.4 is 0 Å². The lowest BCUT2D eigenvalue weighted by atomic mass is 9.64. The van der Waals surface area contributed by atoms with Gasteiger partial charge in [0, 0.05) is 44.7 Å². The van der Waals surface area contributed by atoms with Crippen molar-refractivity contribution in [2.24, 2.45) is 16.7 Å². The van der Waals surface area contributed by atoms with Gasteiger partial charge in [0.25, 0.3) is 0 Å². The quantitative estimate of drug-likeness (QED) is 0.653. The Morgan fingerprint density at radius 3 is 2.16 bits per heavy atom. The molecule has 1 N–H and O–H groups in total. The lowest BCUT2D eigenvalue weighted by Crippen LogP contribution is -2.56. The number of rotatable bonds is 6. The van der Waals surface area contributed by atoms with Crippen molar-refractivity contribution in [1.29, 1.82) is 0 Å². The lowest BCUT2D eigenvalue weighted by Gasteiger charge is -2.51. The smallest absolute Gasteiger partial charge is 0.0745 e. The maximum Gasteiger partial charge on any atom is 0.0745 e. The molecule has 0 aliphatic carbocycles. The molecule has 3 saturated heterocycles. The molecule has 5 heteroatoms. The van der Waals surface area contributed by atoms with Crippen LogP contribution in [0.2, 0.25) is 0 Å². The molecule has 3 aliphatic heterocycles. The van der Waals surface area contributed by atoms with Crippen molar-refractivity contribution in [3.05, 3.63) is 0 Å². The summed E-state index contributed by atoms with van der Waals surface area (Å²) in [6.45, 7) is 21.2. The first kappa shape index (κ1) is 25.4. The molecular formula is C26H49NO4. The molecule has 0 amide bonds. The van der Waals surface area contributed by atoms with E-state index in [1.165, 1.54) is 0 Å². The van der Waals surface area contributed by atoms with Crippen molar-refractivity contribution in [3.63, 3.8) is 0 Å². The van der Waals surface area contributed by atoms with Crippen LogP contribution in [0.3, 0.4) is 0 Å². The van der Waals surface area contributed by atoms with Gasteiger partial charge in [-0.2, -0.15) is 0 Å². The first-order chi connectivity index (χ1) is 14.3. The molecule has 3 fully saturated rings. The Kier molecular flexibility index (Phi) is 7.86. The molecule has 0 aromatic rings. The van der Waals surface area contributed by atoms with E-state index in [2.05, 4.69) is 53.4 Å². The minimum absolute atomic E-state index is 0.0449. The van der Waals surface area contributed by atoms with E-state index in [1.54, 1.807) is 0 Å². The van der Waals surface area contributed by atoms with Gasteiger partial charge < -0.3 is 19.3 Å². The second-order valence-corrected chi connectivity index (χ2v) is 12.8. The molecule has 4 atom stereocenters. The van der Waals surface area contributed by atoms with Gasteiger partial charge in [-0.15, -0.1) is 0 Å². The first-order valence-corrected chi connectivity index (χ1v) is 12.6. The van der Waals surface area contributed by atoms with Gasteiger partial charge in [-0.1, -0.05) is 34.6 Å². The van der Waals surface area contributed by atoms with Crippen LogP contribution in [-0.4, -0.2) is 72.9 Å². The molecule has 3 rings (SSSR count). The molecule has 182 valence electrons. The van der Waals surface area contributed by atoms with Gasteiger partial charge in [0.05, 0.1) is 31.0 Å². The van der Waals surface area contributed by atoms with Crippen molar-refractivity contribution in [1.82, 2.24) is 4.90 Å². The SMILES string of the molecule is CC(C)(C)C1CCOC(CC(C)(C)C2(O)CCOC(CC(C)(C)N3CCOCC3)C2)C1. The third-order valence-corrected chi connectivity index (χ3v) is 8.62. The van der Waals surface area contributed by atoms with Gasteiger partial charge >= 0.3 is 0 Å². The number of ether oxygens (including phenoxy) is 3. The summed E-state index contributed by atoms with van der Waals surface area (Å²) in [6.07, 6.45) is 5.86. The number of morpholine rings is 1. The van der Waals surface area contributed by atoms with Crippen LogP contribution >= 0.6 is 0 Å². The average Bonchev–Trinajstić information content (AvgIpc) is 2.67. The predicted molar refractivity (Wildman–Crippen MR) is 125 cm³/mol. The third kappa shape index (κ3) is 6.23. The fourth-order valence-electron chi connectivity index (χ4n) is 6.10. The molecule has 0 saturated carbocycles. The summed E-state index contributed by atoms with van der Waals surface area (Å²) in [6, 6.07) is 0. The Labute approximate surface area is 191 Å². The van der Waals surface area contributed by atoms with Gasteiger partial charge in [0.2, 0.25) is 0 Å². The fraction of sp³-hybridized carbons (Fsp3) is 1.00. The van der Waals surface area contributed by atoms with Crippen molar-refractivity contribution in [3.8, 4) is 0 Å². The normalized spacial score (nSPS) is 34.6. The van der Waals surface area contributed by atoms with Crippen LogP contribution in [0.4, 0.5) is 0 Å².